The maximum atomic E-state index is 10.2. The van der Waals surface area contributed by atoms with E-state index in [1.54, 1.807) is 0 Å². The van der Waals surface area contributed by atoms with Crippen LogP contribution in [0.25, 0.3) is 0 Å². The zero-order valence-electron chi connectivity index (χ0n) is 5.03. The lowest BCUT2D eigenvalue weighted by atomic mass is 10.2. The molecule has 2 N–H and O–H groups in total. The number of hydrogen-bond acceptors (Lipinski definition) is 3. The van der Waals surface area contributed by atoms with E-state index in [1.165, 1.54) is 6.92 Å². The molecule has 0 saturated carbocycles. The molecule has 0 aromatic rings. The van der Waals surface area contributed by atoms with E-state index < -0.39 is 22.5 Å². The van der Waals surface area contributed by atoms with Gasteiger partial charge in [0.25, 0.3) is 0 Å². The van der Waals surface area contributed by atoms with Gasteiger partial charge in [-0.05, 0) is 0 Å². The monoisotopic (exact) mass is 151 g/mol. The average molecular weight is 151 g/mol. The summed E-state index contributed by atoms with van der Waals surface area (Å²) < 4.78 is 19.9. The minimum absolute atomic E-state index is 0.148. The molecule has 0 spiro atoms. The normalized spacial score (nSPS) is 13.6. The first-order chi connectivity index (χ1) is 4.04. The predicted molar refractivity (Wildman–Crippen MR) is 33.5 cm³/mol. The Morgan fingerprint density at radius 2 is 2.11 bits per heavy atom. The Hall–Kier alpha value is -0.580. The van der Waals surface area contributed by atoms with Crippen LogP contribution in [0.3, 0.4) is 0 Å². The number of amides is 1. The third-order valence-corrected chi connectivity index (χ3v) is 1.75. The van der Waals surface area contributed by atoms with Crippen molar-refractivity contribution < 1.29 is 13.2 Å². The van der Waals surface area contributed by atoms with Crippen molar-refractivity contribution in [1.29, 1.82) is 0 Å². The van der Waals surface area contributed by atoms with Gasteiger partial charge < -0.3 is 5.73 Å². The lowest BCUT2D eigenvalue weighted by Gasteiger charge is -1.97. The first kappa shape index (κ1) is 8.42. The summed E-state index contributed by atoms with van der Waals surface area (Å²) in [6.07, 6.45) is 0. The van der Waals surface area contributed by atoms with Crippen molar-refractivity contribution in [1.82, 2.24) is 0 Å². The molecular formula is C4H9NO3S. The lowest BCUT2D eigenvalue weighted by Crippen LogP contribution is -2.23. The first-order valence-corrected chi connectivity index (χ1v) is 3.81. The van der Waals surface area contributed by atoms with E-state index in [2.05, 4.69) is 0 Å². The van der Waals surface area contributed by atoms with Gasteiger partial charge in [0, 0.05) is 5.92 Å². The number of hydrogen-bond donors (Lipinski definition) is 2. The third-order valence-electron chi connectivity index (χ3n) is 0.909. The molecule has 0 saturated heterocycles. The van der Waals surface area contributed by atoms with Crippen molar-refractivity contribution in [2.75, 3.05) is 5.75 Å². The summed E-state index contributed by atoms with van der Waals surface area (Å²) in [7, 11) is -2.47. The highest BCUT2D eigenvalue weighted by Gasteiger charge is 2.08. The van der Waals surface area contributed by atoms with Gasteiger partial charge in [0.15, 0.2) is 0 Å². The fraction of sp³-hybridized carbons (Fsp3) is 0.750. The molecule has 0 aliphatic heterocycles. The van der Waals surface area contributed by atoms with Crippen LogP contribution in [-0.4, -0.2) is 20.1 Å². The summed E-state index contributed by atoms with van der Waals surface area (Å²) in [5.41, 5.74) is 4.78. The quantitative estimate of drug-likeness (QED) is 0.493. The second kappa shape index (κ2) is 3.45. The fourth-order valence-electron chi connectivity index (χ4n) is 0.314. The minimum Gasteiger partial charge on any atom is -0.369 e. The molecule has 0 aliphatic carbocycles. The highest BCUT2D eigenvalue weighted by molar-refractivity contribution is 7.72. The molecule has 0 radical (unpaired) electrons. The highest BCUT2D eigenvalue weighted by atomic mass is 32.2. The van der Waals surface area contributed by atoms with Crippen molar-refractivity contribution in [2.45, 2.75) is 6.92 Å². The van der Waals surface area contributed by atoms with Crippen LogP contribution in [0.2, 0.25) is 0 Å². The number of nitrogens with two attached hydrogens (primary N) is 1. The van der Waals surface area contributed by atoms with Crippen LogP contribution in [0.4, 0.5) is 0 Å². The van der Waals surface area contributed by atoms with E-state index >= 15 is 0 Å². The Bertz CT molecular complexity index is 167. The lowest BCUT2D eigenvalue weighted by molar-refractivity contribution is -0.120. The van der Waals surface area contributed by atoms with E-state index in [0.29, 0.717) is 0 Å². The van der Waals surface area contributed by atoms with Crippen LogP contribution in [0.1, 0.15) is 6.92 Å². The average Bonchev–Trinajstić information content (AvgIpc) is 1.63. The molecular weight excluding hydrogens is 142 g/mol. The predicted octanol–water partition coefficient (Wildman–Crippen LogP) is -1.28. The summed E-state index contributed by atoms with van der Waals surface area (Å²) in [5.74, 6) is -1.29. The zero-order chi connectivity index (χ0) is 7.44. The topological polar surface area (TPSA) is 77.2 Å². The summed E-state index contributed by atoms with van der Waals surface area (Å²) in [5, 5.41) is 0. The van der Waals surface area contributed by atoms with Gasteiger partial charge in [-0.2, -0.15) is 0 Å². The van der Waals surface area contributed by atoms with E-state index in [0.717, 1.165) is 0 Å². The van der Waals surface area contributed by atoms with E-state index in [4.69, 9.17) is 5.73 Å². The fourth-order valence-corrected chi connectivity index (χ4v) is 0.941. The summed E-state index contributed by atoms with van der Waals surface area (Å²) >= 11 is 0. The molecule has 0 fully saturated rings. The van der Waals surface area contributed by atoms with Crippen molar-refractivity contribution >= 4 is 16.6 Å². The van der Waals surface area contributed by atoms with Gasteiger partial charge in [0.05, 0.1) is 5.75 Å². The van der Waals surface area contributed by atoms with Gasteiger partial charge in [-0.1, -0.05) is 6.92 Å². The van der Waals surface area contributed by atoms with Gasteiger partial charge >= 0.3 is 0 Å². The van der Waals surface area contributed by atoms with Crippen LogP contribution in [0.5, 0.6) is 0 Å². The maximum absolute atomic E-state index is 10.2. The van der Waals surface area contributed by atoms with E-state index in [-0.39, 0.29) is 5.75 Å². The third kappa shape index (κ3) is 3.96. The van der Waals surface area contributed by atoms with Crippen LogP contribution in [0.15, 0.2) is 0 Å². The second-order valence-electron chi connectivity index (χ2n) is 1.82. The van der Waals surface area contributed by atoms with Gasteiger partial charge in [-0.3, -0.25) is 4.79 Å². The van der Waals surface area contributed by atoms with Crippen molar-refractivity contribution in [3.8, 4) is 0 Å². The molecule has 0 heterocycles. The smallest absolute Gasteiger partial charge is 0.221 e. The Labute approximate surface area is 55.0 Å². The van der Waals surface area contributed by atoms with Gasteiger partial charge in [-0.25, -0.2) is 8.42 Å². The van der Waals surface area contributed by atoms with Crippen LogP contribution in [0, 0.1) is 5.92 Å². The maximum Gasteiger partial charge on any atom is 0.221 e. The molecule has 0 aromatic heterocycles. The molecule has 9 heavy (non-hydrogen) atoms. The first-order valence-electron chi connectivity index (χ1n) is 2.45. The number of carbonyl (C=O) groups excluding carboxylic acids is 1. The molecule has 54 valence electrons. The minimum atomic E-state index is -2.47. The van der Waals surface area contributed by atoms with Crippen LogP contribution < -0.4 is 5.73 Å². The van der Waals surface area contributed by atoms with E-state index in [1.807, 2.05) is 0 Å². The van der Waals surface area contributed by atoms with Gasteiger partial charge in [0.2, 0.25) is 5.91 Å². The molecule has 1 unspecified atom stereocenters. The number of carbonyl (C=O) groups is 1. The van der Waals surface area contributed by atoms with Crippen molar-refractivity contribution in [3.63, 3.8) is 0 Å². The molecule has 1 amide bonds. The second-order valence-corrected chi connectivity index (χ2v) is 2.85. The Morgan fingerprint density at radius 1 is 1.67 bits per heavy atom. The molecule has 0 aromatic carbocycles. The van der Waals surface area contributed by atoms with Gasteiger partial charge in [-0.15, -0.1) is 0 Å². The molecule has 1 atom stereocenters. The molecule has 4 nitrogen and oxygen atoms in total. The summed E-state index contributed by atoms with van der Waals surface area (Å²) in [6.45, 7) is 1.48. The van der Waals surface area contributed by atoms with Crippen LogP contribution in [-0.2, 0) is 15.5 Å². The van der Waals surface area contributed by atoms with Crippen molar-refractivity contribution in [2.24, 2.45) is 11.7 Å². The Balaban J connectivity index is 3.77. The number of primary amides is 1. The highest BCUT2D eigenvalue weighted by Crippen LogP contribution is 1.90. The number of thiol groups is 1. The molecule has 0 bridgehead atoms. The standard InChI is InChI=1S/C4H9NO3S/c1-3(4(5)6)2-9(7)8/h3,9H,2H2,1H3,(H2,5,6). The molecule has 0 aliphatic rings. The van der Waals surface area contributed by atoms with Crippen LogP contribution >= 0.6 is 0 Å². The zero-order valence-corrected chi connectivity index (χ0v) is 5.93. The number of rotatable bonds is 3. The largest absolute Gasteiger partial charge is 0.369 e. The molecule has 0 rings (SSSR count). The summed E-state index contributed by atoms with van der Waals surface area (Å²) in [4.78, 5) is 10.2. The SMILES string of the molecule is CC(C[SH](=O)=O)C(N)=O. The molecule has 5 heteroatoms. The summed E-state index contributed by atoms with van der Waals surface area (Å²) in [6, 6.07) is 0. The Kier molecular flexibility index (Phi) is 3.22. The van der Waals surface area contributed by atoms with E-state index in [9.17, 15) is 13.2 Å². The van der Waals surface area contributed by atoms with Gasteiger partial charge in [0.1, 0.15) is 10.7 Å². The Morgan fingerprint density at radius 3 is 2.22 bits per heavy atom. The van der Waals surface area contributed by atoms with Crippen molar-refractivity contribution in [3.05, 3.63) is 0 Å².